The molecule has 0 aromatic heterocycles. The molecule has 1 N–H and O–H groups in total. The third-order valence-electron chi connectivity index (χ3n) is 5.38. The van der Waals surface area contributed by atoms with Gasteiger partial charge in [-0.15, -0.1) is 0 Å². The van der Waals surface area contributed by atoms with E-state index in [0.717, 1.165) is 5.56 Å². The Morgan fingerprint density at radius 2 is 1.76 bits per heavy atom. The number of carboxylic acids is 1. The Morgan fingerprint density at radius 1 is 1.03 bits per heavy atom. The molecule has 0 radical (unpaired) electrons. The van der Waals surface area contributed by atoms with Gasteiger partial charge >= 0.3 is 5.97 Å². The van der Waals surface area contributed by atoms with Gasteiger partial charge in [-0.05, 0) is 48.7 Å². The average molecular weight is 430 g/mol. The molecule has 7 heteroatoms. The van der Waals surface area contributed by atoms with E-state index in [-0.39, 0.29) is 34.6 Å². The van der Waals surface area contributed by atoms with Crippen molar-refractivity contribution in [2.75, 3.05) is 4.90 Å². The number of benzene rings is 2. The number of carboxylic acid groups (broad SMARTS) is 1. The quantitative estimate of drug-likeness (QED) is 0.725. The van der Waals surface area contributed by atoms with Gasteiger partial charge < -0.3 is 5.11 Å². The van der Waals surface area contributed by atoms with E-state index in [1.165, 1.54) is 23.1 Å². The van der Waals surface area contributed by atoms with Crippen molar-refractivity contribution in [3.63, 3.8) is 0 Å². The second kappa shape index (κ2) is 7.65. The molecule has 1 aliphatic carbocycles. The van der Waals surface area contributed by atoms with Gasteiger partial charge in [-0.25, -0.2) is 4.79 Å². The van der Waals surface area contributed by atoms with Crippen molar-refractivity contribution < 1.29 is 19.5 Å². The predicted molar refractivity (Wildman–Crippen MR) is 111 cm³/mol. The van der Waals surface area contributed by atoms with Gasteiger partial charge in [0.15, 0.2) is 5.78 Å². The van der Waals surface area contributed by atoms with Crippen molar-refractivity contribution in [1.82, 2.24) is 0 Å². The SMILES string of the molecule is O=C1CCCC2=C1C(c1ccc(Cl)cc1)CC(=O)N2c1cc(C(=O)O)ccc1Cl. The number of hydrogen-bond donors (Lipinski definition) is 1. The maximum atomic E-state index is 13.2. The molecule has 2 aromatic rings. The van der Waals surface area contributed by atoms with E-state index in [4.69, 9.17) is 23.2 Å². The number of aromatic carboxylic acids is 1. The van der Waals surface area contributed by atoms with Gasteiger partial charge in [0.2, 0.25) is 5.91 Å². The molecule has 1 unspecified atom stereocenters. The first-order valence-electron chi connectivity index (χ1n) is 9.24. The Labute approximate surface area is 177 Å². The van der Waals surface area contributed by atoms with Gasteiger partial charge in [-0.2, -0.15) is 0 Å². The highest BCUT2D eigenvalue weighted by molar-refractivity contribution is 6.34. The first-order chi connectivity index (χ1) is 13.9. The van der Waals surface area contributed by atoms with Crippen LogP contribution in [0.15, 0.2) is 53.7 Å². The Morgan fingerprint density at radius 3 is 2.45 bits per heavy atom. The number of rotatable bonds is 3. The first kappa shape index (κ1) is 19.7. The lowest BCUT2D eigenvalue weighted by molar-refractivity contribution is -0.119. The molecular formula is C22H17Cl2NO4. The fourth-order valence-electron chi connectivity index (χ4n) is 4.07. The zero-order valence-electron chi connectivity index (χ0n) is 15.3. The molecule has 0 fully saturated rings. The van der Waals surface area contributed by atoms with Crippen LogP contribution in [-0.2, 0) is 9.59 Å². The maximum Gasteiger partial charge on any atom is 0.335 e. The summed E-state index contributed by atoms with van der Waals surface area (Å²) in [5, 5.41) is 10.2. The number of carbonyl (C=O) groups is 3. The lowest BCUT2D eigenvalue weighted by atomic mass is 9.77. The third-order valence-corrected chi connectivity index (χ3v) is 5.95. The minimum absolute atomic E-state index is 0.00853. The number of hydrogen-bond acceptors (Lipinski definition) is 3. The highest BCUT2D eigenvalue weighted by Crippen LogP contribution is 2.45. The summed E-state index contributed by atoms with van der Waals surface area (Å²) in [7, 11) is 0. The molecule has 1 amide bonds. The second-order valence-electron chi connectivity index (χ2n) is 7.15. The lowest BCUT2D eigenvalue weighted by Gasteiger charge is -2.38. The Kier molecular flexibility index (Phi) is 5.19. The van der Waals surface area contributed by atoms with E-state index in [1.807, 2.05) is 12.1 Å². The van der Waals surface area contributed by atoms with Crippen molar-refractivity contribution in [3.05, 3.63) is 74.9 Å². The highest BCUT2D eigenvalue weighted by atomic mass is 35.5. The molecule has 1 heterocycles. The molecule has 0 saturated heterocycles. The minimum Gasteiger partial charge on any atom is -0.478 e. The molecule has 29 heavy (non-hydrogen) atoms. The summed E-state index contributed by atoms with van der Waals surface area (Å²) < 4.78 is 0. The van der Waals surface area contributed by atoms with Crippen molar-refractivity contribution >= 4 is 46.5 Å². The maximum absolute atomic E-state index is 13.2. The molecule has 0 bridgehead atoms. The zero-order chi connectivity index (χ0) is 20.7. The molecule has 5 nitrogen and oxygen atoms in total. The summed E-state index contributed by atoms with van der Waals surface area (Å²) in [5.41, 5.74) is 2.40. The molecule has 2 aromatic carbocycles. The number of halogens is 2. The number of anilines is 1. The van der Waals surface area contributed by atoms with Gasteiger partial charge in [0.25, 0.3) is 0 Å². The number of amides is 1. The van der Waals surface area contributed by atoms with Crippen LogP contribution in [0.1, 0.15) is 47.5 Å². The molecule has 0 saturated carbocycles. The molecular weight excluding hydrogens is 413 g/mol. The summed E-state index contributed by atoms with van der Waals surface area (Å²) in [6.07, 6.45) is 1.70. The fourth-order valence-corrected chi connectivity index (χ4v) is 4.40. The van der Waals surface area contributed by atoms with Gasteiger partial charge in [0.05, 0.1) is 16.3 Å². The summed E-state index contributed by atoms with van der Waals surface area (Å²) in [5.74, 6) is -1.67. The molecule has 4 rings (SSSR count). The van der Waals surface area contributed by atoms with E-state index < -0.39 is 5.97 Å². The number of carbonyl (C=O) groups excluding carboxylic acids is 2. The monoisotopic (exact) mass is 429 g/mol. The number of allylic oxidation sites excluding steroid dienone is 2. The number of ketones is 1. The van der Waals surface area contributed by atoms with Crippen LogP contribution < -0.4 is 4.90 Å². The summed E-state index contributed by atoms with van der Waals surface area (Å²) in [6.45, 7) is 0. The molecule has 1 aliphatic heterocycles. The number of nitrogens with zero attached hydrogens (tertiary/aromatic N) is 1. The van der Waals surface area contributed by atoms with E-state index in [9.17, 15) is 19.5 Å². The van der Waals surface area contributed by atoms with Crippen LogP contribution in [0.4, 0.5) is 5.69 Å². The van der Waals surface area contributed by atoms with E-state index >= 15 is 0 Å². The zero-order valence-corrected chi connectivity index (χ0v) is 16.8. The predicted octanol–water partition coefficient (Wildman–Crippen LogP) is 5.22. The van der Waals surface area contributed by atoms with Crippen molar-refractivity contribution in [2.45, 2.75) is 31.6 Å². The topological polar surface area (TPSA) is 74.7 Å². The molecule has 2 aliphatic rings. The summed E-state index contributed by atoms with van der Waals surface area (Å²) in [6, 6.07) is 11.4. The summed E-state index contributed by atoms with van der Waals surface area (Å²) >= 11 is 12.3. The van der Waals surface area contributed by atoms with Gasteiger partial charge in [-0.3, -0.25) is 14.5 Å². The van der Waals surface area contributed by atoms with Crippen LogP contribution in [0.2, 0.25) is 10.0 Å². The van der Waals surface area contributed by atoms with Gasteiger partial charge in [0.1, 0.15) is 0 Å². The van der Waals surface area contributed by atoms with Crippen LogP contribution in [0.3, 0.4) is 0 Å². The lowest BCUT2D eigenvalue weighted by Crippen LogP contribution is -2.40. The van der Waals surface area contributed by atoms with Crippen molar-refractivity contribution in [2.24, 2.45) is 0 Å². The normalized spacial score (nSPS) is 19.4. The van der Waals surface area contributed by atoms with Crippen LogP contribution in [0.5, 0.6) is 0 Å². The second-order valence-corrected chi connectivity index (χ2v) is 7.99. The smallest absolute Gasteiger partial charge is 0.335 e. The molecule has 0 spiro atoms. The molecule has 1 atom stereocenters. The van der Waals surface area contributed by atoms with Gasteiger partial charge in [0, 0.05) is 35.1 Å². The largest absolute Gasteiger partial charge is 0.478 e. The van der Waals surface area contributed by atoms with E-state index in [1.54, 1.807) is 12.1 Å². The highest BCUT2D eigenvalue weighted by Gasteiger charge is 2.40. The number of Topliss-reactive ketones (excluding diaryl/α,β-unsaturated/α-hetero) is 1. The van der Waals surface area contributed by atoms with Crippen LogP contribution in [0.25, 0.3) is 0 Å². The first-order valence-corrected chi connectivity index (χ1v) is 10.00. The Hall–Kier alpha value is -2.63. The van der Waals surface area contributed by atoms with Crippen molar-refractivity contribution in [3.8, 4) is 0 Å². The minimum atomic E-state index is -1.11. The van der Waals surface area contributed by atoms with Crippen LogP contribution in [-0.4, -0.2) is 22.8 Å². The molecule has 148 valence electrons. The Balaban J connectivity index is 1.88. The Bertz CT molecular complexity index is 1060. The summed E-state index contributed by atoms with van der Waals surface area (Å²) in [4.78, 5) is 38.9. The standard InChI is InChI=1S/C22H17Cl2NO4/c23-14-7-4-12(5-8-14)15-11-20(27)25(17-2-1-3-19(26)21(15)17)18-10-13(22(28)29)6-9-16(18)24/h4-10,15H,1-3,11H2,(H,28,29). The third kappa shape index (κ3) is 3.56. The van der Waals surface area contributed by atoms with Crippen LogP contribution in [0, 0.1) is 0 Å². The van der Waals surface area contributed by atoms with Crippen LogP contribution >= 0.6 is 23.2 Å². The van der Waals surface area contributed by atoms with E-state index in [2.05, 4.69) is 0 Å². The average Bonchev–Trinajstić information content (AvgIpc) is 2.69. The van der Waals surface area contributed by atoms with Gasteiger partial charge in [-0.1, -0.05) is 35.3 Å². The van der Waals surface area contributed by atoms with E-state index in [0.29, 0.717) is 41.2 Å². The fraction of sp³-hybridized carbons (Fsp3) is 0.227. The van der Waals surface area contributed by atoms with Crippen molar-refractivity contribution in [1.29, 1.82) is 0 Å².